The van der Waals surface area contributed by atoms with Gasteiger partial charge in [0.1, 0.15) is 29.4 Å². The molecule has 11 heteroatoms. The van der Waals surface area contributed by atoms with Gasteiger partial charge in [0.05, 0.1) is 16.1 Å². The highest BCUT2D eigenvalue weighted by molar-refractivity contribution is 6.34. The van der Waals surface area contributed by atoms with Crippen LogP contribution in [0.2, 0.25) is 5.02 Å². The summed E-state index contributed by atoms with van der Waals surface area (Å²) >= 11 is 6.06. The average Bonchev–Trinajstić information content (AvgIpc) is 2.83. The summed E-state index contributed by atoms with van der Waals surface area (Å²) < 4.78 is 18.7. The molecule has 2 aromatic carbocycles. The first-order chi connectivity index (χ1) is 16.0. The van der Waals surface area contributed by atoms with Crippen molar-refractivity contribution in [3.05, 3.63) is 76.6 Å². The molecule has 0 atom stereocenters. The topological polar surface area (TPSA) is 119 Å². The maximum absolute atomic E-state index is 12.9. The maximum atomic E-state index is 12.9. The molecule has 0 unspecified atom stereocenters. The normalized spacial score (nSPS) is 10.6. The summed E-state index contributed by atoms with van der Waals surface area (Å²) in [7, 11) is 1.51. The minimum atomic E-state index is -0.726. The molecular formula is C22H16ClFN6O3. The number of pyridine rings is 1. The molecule has 2 amide bonds. The number of nitrogens with zero attached hydrogens (tertiary/aromatic N) is 4. The lowest BCUT2D eigenvalue weighted by Crippen LogP contribution is -2.18. The molecule has 2 aromatic heterocycles. The number of fused-ring (bicyclic) bond motifs is 1. The van der Waals surface area contributed by atoms with Crippen molar-refractivity contribution in [1.82, 2.24) is 25.5 Å². The number of halogens is 2. The molecule has 4 rings (SSSR count). The van der Waals surface area contributed by atoms with E-state index >= 15 is 0 Å². The second-order valence-corrected chi connectivity index (χ2v) is 7.15. The molecule has 2 heterocycles. The molecule has 0 saturated heterocycles. The van der Waals surface area contributed by atoms with Crippen LogP contribution in [0.3, 0.4) is 0 Å². The first-order valence-electron chi connectivity index (χ1n) is 9.63. The molecule has 0 saturated carbocycles. The van der Waals surface area contributed by atoms with E-state index in [9.17, 15) is 14.0 Å². The zero-order chi connectivity index (χ0) is 23.4. The molecule has 0 radical (unpaired) electrons. The van der Waals surface area contributed by atoms with Gasteiger partial charge in [0.25, 0.3) is 11.8 Å². The highest BCUT2D eigenvalue weighted by atomic mass is 35.5. The third-order valence-corrected chi connectivity index (χ3v) is 4.84. The number of aromatic nitrogens is 4. The molecule has 0 aliphatic heterocycles. The van der Waals surface area contributed by atoms with Crippen LogP contribution in [0.15, 0.2) is 54.7 Å². The number of anilines is 1. The van der Waals surface area contributed by atoms with Gasteiger partial charge in [-0.05, 0) is 35.9 Å². The van der Waals surface area contributed by atoms with Gasteiger partial charge in [-0.15, -0.1) is 10.2 Å². The Kier molecular flexibility index (Phi) is 6.36. The second kappa shape index (κ2) is 9.53. The zero-order valence-electron chi connectivity index (χ0n) is 17.2. The van der Waals surface area contributed by atoms with E-state index in [4.69, 9.17) is 16.3 Å². The molecule has 2 N–H and O–H groups in total. The van der Waals surface area contributed by atoms with Crippen LogP contribution in [0.4, 0.5) is 10.3 Å². The smallest absolute Gasteiger partial charge is 0.269 e. The number of carbonyl (C=O) groups excluding carboxylic acids is 2. The summed E-state index contributed by atoms with van der Waals surface area (Å²) in [5.41, 5.74) is 1.50. The quantitative estimate of drug-likeness (QED) is 0.441. The van der Waals surface area contributed by atoms with E-state index in [2.05, 4.69) is 30.8 Å². The maximum Gasteiger partial charge on any atom is 0.269 e. The van der Waals surface area contributed by atoms with Crippen molar-refractivity contribution in [3.8, 4) is 11.5 Å². The van der Waals surface area contributed by atoms with Gasteiger partial charge in [0, 0.05) is 25.4 Å². The molecule has 0 spiro atoms. The molecule has 9 nitrogen and oxygen atoms in total. The molecule has 33 heavy (non-hydrogen) atoms. The van der Waals surface area contributed by atoms with Gasteiger partial charge in [-0.3, -0.25) is 19.9 Å². The number of hydrogen-bond acceptors (Lipinski definition) is 7. The lowest BCUT2D eigenvalue weighted by atomic mass is 10.1. The first-order valence-corrected chi connectivity index (χ1v) is 10.0. The van der Waals surface area contributed by atoms with Crippen LogP contribution >= 0.6 is 11.6 Å². The zero-order valence-corrected chi connectivity index (χ0v) is 17.9. The summed E-state index contributed by atoms with van der Waals surface area (Å²) in [6.45, 7) is -0.726. The molecule has 0 aliphatic rings. The van der Waals surface area contributed by atoms with Crippen LogP contribution in [0.25, 0.3) is 11.0 Å². The van der Waals surface area contributed by atoms with Gasteiger partial charge in [0.2, 0.25) is 5.95 Å². The third kappa shape index (κ3) is 5.01. The molecule has 4 aromatic rings. The predicted molar refractivity (Wildman–Crippen MR) is 119 cm³/mol. The SMILES string of the molecule is CNC(=O)c1cc(Oc2ccc3nnc(NC(=O)c4cc(CF)ccc4Cl)nc3c2)ccn1. The highest BCUT2D eigenvalue weighted by Gasteiger charge is 2.14. The summed E-state index contributed by atoms with van der Waals surface area (Å²) in [5, 5.41) is 13.1. The van der Waals surface area contributed by atoms with Gasteiger partial charge < -0.3 is 10.1 Å². The van der Waals surface area contributed by atoms with Crippen LogP contribution in [0.1, 0.15) is 26.4 Å². The fourth-order valence-corrected chi connectivity index (χ4v) is 3.10. The fraction of sp³-hybridized carbons (Fsp3) is 0.0909. The minimum absolute atomic E-state index is 0.0582. The van der Waals surface area contributed by atoms with Crippen LogP contribution in [0.5, 0.6) is 11.5 Å². The van der Waals surface area contributed by atoms with Crippen molar-refractivity contribution < 1.29 is 18.7 Å². The van der Waals surface area contributed by atoms with Crippen LogP contribution < -0.4 is 15.4 Å². The van der Waals surface area contributed by atoms with E-state index in [1.54, 1.807) is 24.3 Å². The van der Waals surface area contributed by atoms with Gasteiger partial charge >= 0.3 is 0 Å². The largest absolute Gasteiger partial charge is 0.457 e. The number of hydrogen-bond donors (Lipinski definition) is 2. The summed E-state index contributed by atoms with van der Waals surface area (Å²) in [6.07, 6.45) is 1.46. The molecule has 0 aliphatic carbocycles. The average molecular weight is 467 g/mol. The van der Waals surface area contributed by atoms with E-state index in [0.717, 1.165) is 0 Å². The molecule has 166 valence electrons. The minimum Gasteiger partial charge on any atom is -0.457 e. The lowest BCUT2D eigenvalue weighted by molar-refractivity contribution is 0.0957. The number of nitrogens with one attached hydrogen (secondary N) is 2. The number of benzene rings is 2. The van der Waals surface area contributed by atoms with Crippen molar-refractivity contribution in [2.75, 3.05) is 12.4 Å². The van der Waals surface area contributed by atoms with Crippen LogP contribution in [-0.2, 0) is 6.67 Å². The number of amides is 2. The van der Waals surface area contributed by atoms with E-state index < -0.39 is 12.6 Å². The van der Waals surface area contributed by atoms with Crippen molar-refractivity contribution >= 4 is 40.4 Å². The van der Waals surface area contributed by atoms with Gasteiger partial charge in [-0.1, -0.05) is 17.7 Å². The van der Waals surface area contributed by atoms with E-state index in [1.807, 2.05) is 0 Å². The van der Waals surface area contributed by atoms with Crippen molar-refractivity contribution in [1.29, 1.82) is 0 Å². The van der Waals surface area contributed by atoms with E-state index in [1.165, 1.54) is 37.5 Å². The van der Waals surface area contributed by atoms with Crippen molar-refractivity contribution in [3.63, 3.8) is 0 Å². The van der Waals surface area contributed by atoms with Crippen molar-refractivity contribution in [2.24, 2.45) is 0 Å². The van der Waals surface area contributed by atoms with Crippen molar-refractivity contribution in [2.45, 2.75) is 6.67 Å². The van der Waals surface area contributed by atoms with Gasteiger partial charge in [-0.25, -0.2) is 9.37 Å². The Morgan fingerprint density at radius 3 is 2.61 bits per heavy atom. The number of ether oxygens (including phenoxy) is 1. The van der Waals surface area contributed by atoms with Gasteiger partial charge in [0.15, 0.2) is 0 Å². The monoisotopic (exact) mass is 466 g/mol. The Bertz CT molecular complexity index is 1370. The standard InChI is InChI=1S/C22H16ClFN6O3/c1-25-21(32)19-10-14(6-7-26-19)33-13-3-5-17-18(9-13)27-22(30-29-17)28-20(31)15-8-12(11-24)2-4-16(15)23/h2-10H,11H2,1H3,(H,25,32)(H,27,28,30,31). The Hall–Kier alpha value is -4.18. The van der Waals surface area contributed by atoms with Gasteiger partial charge in [-0.2, -0.15) is 0 Å². The fourth-order valence-electron chi connectivity index (χ4n) is 2.89. The Morgan fingerprint density at radius 2 is 1.82 bits per heavy atom. The number of rotatable bonds is 6. The predicted octanol–water partition coefficient (Wildman–Crippen LogP) is 3.95. The molecular weight excluding hydrogens is 451 g/mol. The molecule has 0 bridgehead atoms. The highest BCUT2D eigenvalue weighted by Crippen LogP contribution is 2.25. The Balaban J connectivity index is 1.57. The van der Waals surface area contributed by atoms with Crippen LogP contribution in [-0.4, -0.2) is 39.0 Å². The first kappa shape index (κ1) is 22.0. The third-order valence-electron chi connectivity index (χ3n) is 4.51. The Morgan fingerprint density at radius 1 is 1.00 bits per heavy atom. The molecule has 0 fully saturated rings. The summed E-state index contributed by atoms with van der Waals surface area (Å²) in [5.74, 6) is -0.165. The van der Waals surface area contributed by atoms with Crippen LogP contribution in [0, 0.1) is 0 Å². The number of alkyl halides is 1. The Labute approximate surface area is 192 Å². The number of carbonyl (C=O) groups is 2. The van der Waals surface area contributed by atoms with E-state index in [0.29, 0.717) is 28.1 Å². The van der Waals surface area contributed by atoms with E-state index in [-0.39, 0.29) is 28.1 Å². The second-order valence-electron chi connectivity index (χ2n) is 6.75. The summed E-state index contributed by atoms with van der Waals surface area (Å²) in [4.78, 5) is 32.6. The summed E-state index contributed by atoms with van der Waals surface area (Å²) in [6, 6.07) is 12.3. The lowest BCUT2D eigenvalue weighted by Gasteiger charge is -2.09.